The molecule has 2 N–H and O–H groups in total. The molecule has 1 saturated heterocycles. The third kappa shape index (κ3) is 5.95. The second-order valence-electron chi connectivity index (χ2n) is 8.47. The zero-order valence-corrected chi connectivity index (χ0v) is 17.9. The monoisotopic (exact) mass is 385 g/mol. The maximum atomic E-state index is 4.97. The Morgan fingerprint density at radius 3 is 2.57 bits per heavy atom. The summed E-state index contributed by atoms with van der Waals surface area (Å²) in [6, 6.07) is 11.0. The first kappa shape index (κ1) is 21.1. The van der Waals surface area contributed by atoms with Crippen LogP contribution in [0, 0.1) is 0 Å². The van der Waals surface area contributed by atoms with E-state index >= 15 is 0 Å². The summed E-state index contributed by atoms with van der Waals surface area (Å²) >= 11 is 0. The molecule has 5 heteroatoms. The highest BCUT2D eigenvalue weighted by atomic mass is 15.2. The molecule has 0 aromatic heterocycles. The first-order chi connectivity index (χ1) is 13.7. The average molecular weight is 386 g/mol. The molecule has 0 unspecified atom stereocenters. The smallest absolute Gasteiger partial charge is 0.191 e. The van der Waals surface area contributed by atoms with E-state index in [2.05, 4.69) is 64.7 Å². The highest BCUT2D eigenvalue weighted by molar-refractivity contribution is 5.79. The van der Waals surface area contributed by atoms with Crippen molar-refractivity contribution in [3.05, 3.63) is 35.9 Å². The largest absolute Gasteiger partial charge is 0.357 e. The molecule has 156 valence electrons. The molecular weight excluding hydrogens is 346 g/mol. The van der Waals surface area contributed by atoms with E-state index in [9.17, 15) is 0 Å². The molecule has 1 aliphatic carbocycles. The molecule has 0 bridgehead atoms. The average Bonchev–Trinajstić information content (AvgIpc) is 2.89. The summed E-state index contributed by atoms with van der Waals surface area (Å²) in [5.41, 5.74) is 1.70. The number of likely N-dealkylation sites (N-methyl/N-ethyl adjacent to an activating group) is 1. The van der Waals surface area contributed by atoms with Gasteiger partial charge in [0, 0.05) is 31.6 Å². The SMILES string of the molecule is CCNC(=NCC1(c2ccccc2)CCC1)NCCCN1CCCN(C)CC1. The second kappa shape index (κ2) is 10.8. The molecule has 1 heterocycles. The van der Waals surface area contributed by atoms with Crippen LogP contribution in [0.15, 0.2) is 35.3 Å². The van der Waals surface area contributed by atoms with E-state index in [1.807, 2.05) is 0 Å². The maximum absolute atomic E-state index is 4.97. The minimum Gasteiger partial charge on any atom is -0.357 e. The number of hydrogen-bond acceptors (Lipinski definition) is 3. The Morgan fingerprint density at radius 1 is 1.04 bits per heavy atom. The van der Waals surface area contributed by atoms with Crippen LogP contribution in [-0.4, -0.2) is 75.2 Å². The fourth-order valence-electron chi connectivity index (χ4n) is 4.34. The molecule has 28 heavy (non-hydrogen) atoms. The molecule has 5 nitrogen and oxygen atoms in total. The van der Waals surface area contributed by atoms with Crippen molar-refractivity contribution in [3.63, 3.8) is 0 Å². The van der Waals surface area contributed by atoms with E-state index in [4.69, 9.17) is 4.99 Å². The van der Waals surface area contributed by atoms with Crippen molar-refractivity contribution in [2.75, 3.05) is 59.4 Å². The van der Waals surface area contributed by atoms with Gasteiger partial charge in [0.2, 0.25) is 0 Å². The number of nitrogens with one attached hydrogen (secondary N) is 2. The quantitative estimate of drug-likeness (QED) is 0.410. The van der Waals surface area contributed by atoms with Gasteiger partial charge in [-0.25, -0.2) is 0 Å². The van der Waals surface area contributed by atoms with E-state index in [1.165, 1.54) is 64.0 Å². The molecule has 0 amide bonds. The predicted octanol–water partition coefficient (Wildman–Crippen LogP) is 2.69. The fraction of sp³-hybridized carbons (Fsp3) is 0.696. The number of rotatable bonds is 8. The Morgan fingerprint density at radius 2 is 1.86 bits per heavy atom. The minimum atomic E-state index is 0.252. The normalized spacial score (nSPS) is 21.0. The van der Waals surface area contributed by atoms with Gasteiger partial charge in [0.1, 0.15) is 0 Å². The van der Waals surface area contributed by atoms with Crippen molar-refractivity contribution in [2.24, 2.45) is 4.99 Å². The fourth-order valence-corrected chi connectivity index (χ4v) is 4.34. The minimum absolute atomic E-state index is 0.252. The molecule has 0 atom stereocenters. The number of benzene rings is 1. The van der Waals surface area contributed by atoms with E-state index in [0.29, 0.717) is 0 Å². The highest BCUT2D eigenvalue weighted by Gasteiger charge is 2.38. The van der Waals surface area contributed by atoms with Gasteiger partial charge in [-0.15, -0.1) is 0 Å². The molecule has 0 spiro atoms. The van der Waals surface area contributed by atoms with Crippen LogP contribution in [0.25, 0.3) is 0 Å². The zero-order valence-electron chi connectivity index (χ0n) is 17.9. The summed E-state index contributed by atoms with van der Waals surface area (Å²) in [6.07, 6.45) is 6.28. The van der Waals surface area contributed by atoms with Gasteiger partial charge in [-0.2, -0.15) is 0 Å². The van der Waals surface area contributed by atoms with Crippen molar-refractivity contribution in [1.29, 1.82) is 0 Å². The van der Waals surface area contributed by atoms with Crippen LogP contribution in [-0.2, 0) is 5.41 Å². The first-order valence-electron chi connectivity index (χ1n) is 11.2. The lowest BCUT2D eigenvalue weighted by Crippen LogP contribution is -2.42. The first-order valence-corrected chi connectivity index (χ1v) is 11.2. The summed E-state index contributed by atoms with van der Waals surface area (Å²) in [4.78, 5) is 10.0. The molecular formula is C23H39N5. The zero-order chi connectivity index (χ0) is 19.7. The highest BCUT2D eigenvalue weighted by Crippen LogP contribution is 2.43. The van der Waals surface area contributed by atoms with Gasteiger partial charge in [-0.05, 0) is 64.9 Å². The number of hydrogen-bond donors (Lipinski definition) is 2. The number of aliphatic imine (C=N–C) groups is 1. The van der Waals surface area contributed by atoms with Crippen LogP contribution in [0.4, 0.5) is 0 Å². The standard InChI is InChI=1S/C23H39N5/c1-3-24-22(25-14-8-16-28-17-9-15-27(2)18-19-28)26-20-23(12-7-13-23)21-10-5-4-6-11-21/h4-6,10-11H,3,7-9,12-20H2,1-2H3,(H2,24,25,26). The van der Waals surface area contributed by atoms with E-state index < -0.39 is 0 Å². The van der Waals surface area contributed by atoms with Crippen molar-refractivity contribution >= 4 is 5.96 Å². The third-order valence-corrected chi connectivity index (χ3v) is 6.34. The molecule has 2 fully saturated rings. The lowest BCUT2D eigenvalue weighted by molar-refractivity contribution is 0.253. The molecule has 1 saturated carbocycles. The van der Waals surface area contributed by atoms with Crippen LogP contribution in [0.3, 0.4) is 0 Å². The van der Waals surface area contributed by atoms with Crippen LogP contribution in [0.2, 0.25) is 0 Å². The molecule has 1 aromatic rings. The molecule has 3 rings (SSSR count). The topological polar surface area (TPSA) is 42.9 Å². The van der Waals surface area contributed by atoms with Gasteiger partial charge in [0.25, 0.3) is 0 Å². The van der Waals surface area contributed by atoms with Crippen LogP contribution < -0.4 is 10.6 Å². The van der Waals surface area contributed by atoms with Crippen molar-refractivity contribution in [1.82, 2.24) is 20.4 Å². The van der Waals surface area contributed by atoms with Crippen LogP contribution >= 0.6 is 0 Å². The molecule has 1 aliphatic heterocycles. The summed E-state index contributed by atoms with van der Waals surface area (Å²) < 4.78 is 0. The van der Waals surface area contributed by atoms with Gasteiger partial charge >= 0.3 is 0 Å². The van der Waals surface area contributed by atoms with Gasteiger partial charge in [-0.1, -0.05) is 36.8 Å². The summed E-state index contributed by atoms with van der Waals surface area (Å²) in [7, 11) is 2.23. The van der Waals surface area contributed by atoms with Crippen LogP contribution in [0.1, 0.15) is 44.6 Å². The van der Waals surface area contributed by atoms with Gasteiger partial charge in [0.05, 0.1) is 6.54 Å². The molecule has 1 aromatic carbocycles. The Balaban J connectivity index is 1.46. The van der Waals surface area contributed by atoms with E-state index in [-0.39, 0.29) is 5.41 Å². The lowest BCUT2D eigenvalue weighted by Gasteiger charge is -2.41. The van der Waals surface area contributed by atoms with Gasteiger partial charge in [0.15, 0.2) is 5.96 Å². The summed E-state index contributed by atoms with van der Waals surface area (Å²) in [5, 5.41) is 6.99. The molecule has 0 radical (unpaired) electrons. The Hall–Kier alpha value is -1.59. The van der Waals surface area contributed by atoms with Gasteiger partial charge in [-0.3, -0.25) is 4.99 Å². The Bertz CT molecular complexity index is 596. The third-order valence-electron chi connectivity index (χ3n) is 6.34. The van der Waals surface area contributed by atoms with E-state index in [1.54, 1.807) is 0 Å². The number of guanidine groups is 1. The van der Waals surface area contributed by atoms with Gasteiger partial charge < -0.3 is 20.4 Å². The van der Waals surface area contributed by atoms with Crippen LogP contribution in [0.5, 0.6) is 0 Å². The predicted molar refractivity (Wildman–Crippen MR) is 119 cm³/mol. The van der Waals surface area contributed by atoms with Crippen molar-refractivity contribution in [2.45, 2.75) is 44.4 Å². The van der Waals surface area contributed by atoms with Crippen molar-refractivity contribution in [3.8, 4) is 0 Å². The summed E-state index contributed by atoms with van der Waals surface area (Å²) in [5.74, 6) is 0.973. The summed E-state index contributed by atoms with van der Waals surface area (Å²) in [6.45, 7) is 10.9. The Kier molecular flexibility index (Phi) is 8.16. The Labute approximate surface area is 171 Å². The van der Waals surface area contributed by atoms with Crippen molar-refractivity contribution < 1.29 is 0 Å². The lowest BCUT2D eigenvalue weighted by atomic mass is 9.64. The van der Waals surface area contributed by atoms with E-state index in [0.717, 1.165) is 32.0 Å². The maximum Gasteiger partial charge on any atom is 0.191 e. The second-order valence-corrected chi connectivity index (χ2v) is 8.47. The number of nitrogens with zero attached hydrogens (tertiary/aromatic N) is 3. The molecule has 2 aliphatic rings.